The van der Waals surface area contributed by atoms with Crippen molar-refractivity contribution in [1.82, 2.24) is 15.2 Å². The molecule has 0 spiro atoms. The van der Waals surface area contributed by atoms with Gasteiger partial charge in [0.05, 0.1) is 17.4 Å². The smallest absolute Gasteiger partial charge is 0.255 e. The van der Waals surface area contributed by atoms with Gasteiger partial charge in [-0.05, 0) is 50.8 Å². The van der Waals surface area contributed by atoms with E-state index < -0.39 is 0 Å². The molecule has 1 N–H and O–H groups in total. The number of allylic oxidation sites excluding steroid dienone is 8. The van der Waals surface area contributed by atoms with Crippen LogP contribution in [0.1, 0.15) is 77.9 Å². The number of likely N-dealkylation sites (tertiary alicyclic amines) is 1. The van der Waals surface area contributed by atoms with Crippen molar-refractivity contribution in [3.05, 3.63) is 76.0 Å². The molecule has 0 radical (unpaired) electrons. The van der Waals surface area contributed by atoms with E-state index in [-0.39, 0.29) is 12.0 Å². The van der Waals surface area contributed by atoms with Crippen LogP contribution in [0.3, 0.4) is 0 Å². The number of aromatic nitrogens is 1. The maximum absolute atomic E-state index is 13.3. The van der Waals surface area contributed by atoms with Crippen molar-refractivity contribution in [3.8, 4) is 0 Å². The first kappa shape index (κ1) is 32.2. The van der Waals surface area contributed by atoms with Crippen LogP contribution >= 0.6 is 11.3 Å². The van der Waals surface area contributed by atoms with Gasteiger partial charge < -0.3 is 15.0 Å². The molecule has 0 bridgehead atoms. The van der Waals surface area contributed by atoms with E-state index in [1.54, 1.807) is 17.4 Å². The average Bonchev–Trinajstić information content (AvgIpc) is 3.66. The molecule has 3 rings (SSSR count). The van der Waals surface area contributed by atoms with Crippen LogP contribution in [0.2, 0.25) is 0 Å². The van der Waals surface area contributed by atoms with Crippen LogP contribution in [0.25, 0.3) is 11.1 Å². The Kier molecular flexibility index (Phi) is 13.9. The van der Waals surface area contributed by atoms with Gasteiger partial charge in [-0.2, -0.15) is 0 Å². The molecule has 2 atom stereocenters. The fourth-order valence-corrected chi connectivity index (χ4v) is 5.57. The van der Waals surface area contributed by atoms with E-state index in [1.165, 1.54) is 18.2 Å². The molecule has 2 fully saturated rings. The number of rotatable bonds is 11. The highest BCUT2D eigenvalue weighted by Gasteiger charge is 2.39. The van der Waals surface area contributed by atoms with Crippen molar-refractivity contribution in [2.45, 2.75) is 73.3 Å². The van der Waals surface area contributed by atoms with Crippen molar-refractivity contribution in [2.75, 3.05) is 19.7 Å². The molecular weight excluding hydrogens is 506 g/mol. The Labute approximate surface area is 238 Å². The SMILES string of the molecule is C=C\C=C/C(=C(\C)CCC)C(=C\C)/c1csc(/C(C)=C/C(=C\NC=O)C(=O)N2CC3CCOC3C2)n1.CCC. The molecule has 2 aliphatic heterocycles. The molecule has 0 saturated carbocycles. The first-order chi connectivity index (χ1) is 18.8. The first-order valence-corrected chi connectivity index (χ1v) is 14.8. The number of hydrogen-bond donors (Lipinski definition) is 1. The summed E-state index contributed by atoms with van der Waals surface area (Å²) in [5.74, 6) is 0.288. The summed E-state index contributed by atoms with van der Waals surface area (Å²) in [6.07, 6.45) is 16.2. The second kappa shape index (κ2) is 16.8. The van der Waals surface area contributed by atoms with Gasteiger partial charge in [-0.3, -0.25) is 9.59 Å². The zero-order valence-corrected chi connectivity index (χ0v) is 25.3. The highest BCUT2D eigenvalue weighted by Crippen LogP contribution is 2.33. The number of carbonyl (C=O) groups excluding carboxylic acids is 2. The molecule has 0 aromatic carbocycles. The largest absolute Gasteiger partial charge is 0.376 e. The maximum atomic E-state index is 13.3. The summed E-state index contributed by atoms with van der Waals surface area (Å²) in [6.45, 7) is 18.4. The van der Waals surface area contributed by atoms with Gasteiger partial charge in [0.2, 0.25) is 6.41 Å². The molecule has 2 amide bonds. The Morgan fingerprint density at radius 2 is 2.03 bits per heavy atom. The molecule has 1 aromatic rings. The third-order valence-corrected chi connectivity index (χ3v) is 7.57. The van der Waals surface area contributed by atoms with E-state index in [1.807, 2.05) is 30.9 Å². The van der Waals surface area contributed by atoms with Crippen LogP contribution in [0.4, 0.5) is 0 Å². The van der Waals surface area contributed by atoms with E-state index in [9.17, 15) is 9.59 Å². The van der Waals surface area contributed by atoms with Crippen molar-refractivity contribution >= 4 is 34.8 Å². The molecule has 2 aliphatic rings. The number of fused-ring (bicyclic) bond motifs is 1. The standard InChI is InChI=1S/C29H37N3O3S.C3H8/c1-6-9-11-25(20(4)10-7-2)24(8-3)26-18-36-28(31-26)21(5)14-23(15-30-19-33)29(34)32-16-22-12-13-35-27(22)17-32;1-3-2/h6,8-9,11,14-15,18-19,22,27H,1,7,10,12-13,16-17H2,2-5H3,(H,30,33);3H2,1-2H3/b11-9-,21-14+,23-15+,24-8+,25-20-;. The lowest BCUT2D eigenvalue weighted by molar-refractivity contribution is -0.126. The van der Waals surface area contributed by atoms with E-state index in [4.69, 9.17) is 9.72 Å². The van der Waals surface area contributed by atoms with Crippen molar-refractivity contribution < 1.29 is 14.3 Å². The fraction of sp³-hybridized carbons (Fsp3) is 0.469. The molecule has 7 heteroatoms. The highest BCUT2D eigenvalue weighted by atomic mass is 32.1. The molecule has 2 unspecified atom stereocenters. The summed E-state index contributed by atoms with van der Waals surface area (Å²) in [5, 5.41) is 5.42. The van der Waals surface area contributed by atoms with E-state index in [0.29, 0.717) is 31.0 Å². The lowest BCUT2D eigenvalue weighted by atomic mass is 9.95. The van der Waals surface area contributed by atoms with Crippen molar-refractivity contribution in [3.63, 3.8) is 0 Å². The topological polar surface area (TPSA) is 71.5 Å². The Balaban J connectivity index is 0.00000170. The van der Waals surface area contributed by atoms with Gasteiger partial charge in [0.25, 0.3) is 5.91 Å². The quantitative estimate of drug-likeness (QED) is 0.181. The van der Waals surface area contributed by atoms with Crippen LogP contribution < -0.4 is 5.32 Å². The summed E-state index contributed by atoms with van der Waals surface area (Å²) in [7, 11) is 0. The van der Waals surface area contributed by atoms with Crippen LogP contribution in [-0.4, -0.2) is 48.0 Å². The fourth-order valence-electron chi connectivity index (χ4n) is 4.77. The van der Waals surface area contributed by atoms with Gasteiger partial charge in [0.1, 0.15) is 5.01 Å². The van der Waals surface area contributed by atoms with Crippen LogP contribution in [-0.2, 0) is 14.3 Å². The highest BCUT2D eigenvalue weighted by molar-refractivity contribution is 7.10. The summed E-state index contributed by atoms with van der Waals surface area (Å²) >= 11 is 1.54. The Morgan fingerprint density at radius 3 is 2.64 bits per heavy atom. The van der Waals surface area contributed by atoms with Gasteiger partial charge >= 0.3 is 0 Å². The average molecular weight is 552 g/mol. The molecule has 0 aliphatic carbocycles. The number of ether oxygens (including phenoxy) is 1. The third-order valence-electron chi connectivity index (χ3n) is 6.59. The minimum Gasteiger partial charge on any atom is -0.376 e. The van der Waals surface area contributed by atoms with Gasteiger partial charge in [0, 0.05) is 42.8 Å². The van der Waals surface area contributed by atoms with E-state index in [0.717, 1.165) is 53.3 Å². The van der Waals surface area contributed by atoms with Gasteiger partial charge in [-0.25, -0.2) is 4.98 Å². The van der Waals surface area contributed by atoms with Crippen molar-refractivity contribution in [1.29, 1.82) is 0 Å². The predicted octanol–water partition coefficient (Wildman–Crippen LogP) is 7.10. The van der Waals surface area contributed by atoms with Gasteiger partial charge in [-0.1, -0.05) is 70.1 Å². The molecule has 1 aromatic heterocycles. The Morgan fingerprint density at radius 1 is 1.28 bits per heavy atom. The summed E-state index contributed by atoms with van der Waals surface area (Å²) in [4.78, 5) is 31.0. The first-order valence-electron chi connectivity index (χ1n) is 14.0. The number of hydrogen-bond acceptors (Lipinski definition) is 5. The van der Waals surface area contributed by atoms with Crippen molar-refractivity contribution in [2.24, 2.45) is 5.92 Å². The zero-order valence-electron chi connectivity index (χ0n) is 24.5. The molecule has 6 nitrogen and oxygen atoms in total. The molecule has 2 saturated heterocycles. The number of carbonyl (C=O) groups is 2. The second-order valence-corrected chi connectivity index (χ2v) is 10.7. The van der Waals surface area contributed by atoms with Crippen LogP contribution in [0.5, 0.6) is 0 Å². The molecule has 3 heterocycles. The number of amides is 2. The molecular formula is C32H45N3O3S. The minimum atomic E-state index is -0.109. The lowest BCUT2D eigenvalue weighted by Gasteiger charge is -2.18. The second-order valence-electron chi connectivity index (χ2n) is 9.87. The third kappa shape index (κ3) is 9.01. The predicted molar refractivity (Wildman–Crippen MR) is 164 cm³/mol. The molecule has 212 valence electrons. The van der Waals surface area contributed by atoms with E-state index in [2.05, 4.69) is 57.1 Å². The van der Waals surface area contributed by atoms with Crippen LogP contribution in [0, 0.1) is 5.92 Å². The van der Waals surface area contributed by atoms with Gasteiger partial charge in [0.15, 0.2) is 0 Å². The number of thiazole rings is 1. The van der Waals surface area contributed by atoms with Gasteiger partial charge in [-0.15, -0.1) is 11.3 Å². The normalized spacial score (nSPS) is 20.4. The Hall–Kier alpha value is -3.03. The summed E-state index contributed by atoms with van der Waals surface area (Å²) in [6, 6.07) is 0. The monoisotopic (exact) mass is 551 g/mol. The molecule has 39 heavy (non-hydrogen) atoms. The number of nitrogens with one attached hydrogen (secondary N) is 1. The van der Waals surface area contributed by atoms with E-state index >= 15 is 0 Å². The Bertz CT molecular complexity index is 1130. The maximum Gasteiger partial charge on any atom is 0.255 e. The summed E-state index contributed by atoms with van der Waals surface area (Å²) in [5.41, 5.74) is 5.73. The van der Waals surface area contributed by atoms with Crippen LogP contribution in [0.15, 0.2) is 65.3 Å². The lowest BCUT2D eigenvalue weighted by Crippen LogP contribution is -2.32. The zero-order chi connectivity index (χ0) is 28.8. The minimum absolute atomic E-state index is 0.109. The summed E-state index contributed by atoms with van der Waals surface area (Å²) < 4.78 is 5.75. The number of nitrogens with zero attached hydrogens (tertiary/aromatic N) is 2.